The fraction of sp³-hybridized carbons (Fsp3) is 0.111. The summed E-state index contributed by atoms with van der Waals surface area (Å²) in [6.45, 7) is 5.88. The zero-order valence-corrected chi connectivity index (χ0v) is 14.2. The number of benzene rings is 1. The summed E-state index contributed by atoms with van der Waals surface area (Å²) in [6.07, 6.45) is 3.34. The van der Waals surface area contributed by atoms with Gasteiger partial charge in [0.15, 0.2) is 0 Å². The van der Waals surface area contributed by atoms with Crippen molar-refractivity contribution in [3.05, 3.63) is 63.7 Å². The first-order valence-electron chi connectivity index (χ1n) is 7.10. The molecule has 0 atom stereocenters. The summed E-state index contributed by atoms with van der Waals surface area (Å²) in [6, 6.07) is 10.4. The van der Waals surface area contributed by atoms with Gasteiger partial charge in [0.25, 0.3) is 11.1 Å². The number of amides is 2. The van der Waals surface area contributed by atoms with Crippen LogP contribution in [0.1, 0.15) is 10.4 Å². The SMILES string of the molecule is C=CCN1C(=O)S/C(=C\c2cc(-c3ccc(C)cc3)cs2)C1=O. The molecule has 0 radical (unpaired) electrons. The summed E-state index contributed by atoms with van der Waals surface area (Å²) >= 11 is 2.54. The number of carbonyl (C=O) groups is 2. The minimum atomic E-state index is -0.245. The van der Waals surface area contributed by atoms with Crippen molar-refractivity contribution < 1.29 is 9.59 Å². The third-order valence-corrected chi connectivity index (χ3v) is 5.25. The van der Waals surface area contributed by atoms with Crippen molar-refractivity contribution in [1.82, 2.24) is 4.90 Å². The second-order valence-electron chi connectivity index (χ2n) is 5.18. The molecule has 3 nitrogen and oxygen atoms in total. The molecule has 5 heteroatoms. The molecule has 0 unspecified atom stereocenters. The van der Waals surface area contributed by atoms with Gasteiger partial charge >= 0.3 is 0 Å². The van der Waals surface area contributed by atoms with Crippen LogP contribution in [0.25, 0.3) is 17.2 Å². The van der Waals surface area contributed by atoms with Gasteiger partial charge in [0.05, 0.1) is 4.91 Å². The molecule has 1 saturated heterocycles. The van der Waals surface area contributed by atoms with E-state index >= 15 is 0 Å². The highest BCUT2D eigenvalue weighted by molar-refractivity contribution is 8.18. The van der Waals surface area contributed by atoms with Crippen molar-refractivity contribution in [3.8, 4) is 11.1 Å². The summed E-state index contributed by atoms with van der Waals surface area (Å²) in [5.41, 5.74) is 3.48. The van der Waals surface area contributed by atoms with Crippen molar-refractivity contribution in [2.75, 3.05) is 6.54 Å². The normalized spacial score (nSPS) is 16.4. The van der Waals surface area contributed by atoms with Crippen LogP contribution in [0.3, 0.4) is 0 Å². The molecule has 1 fully saturated rings. The van der Waals surface area contributed by atoms with Crippen LogP contribution in [-0.4, -0.2) is 22.6 Å². The molecule has 1 aliphatic rings. The van der Waals surface area contributed by atoms with Gasteiger partial charge in [-0.05, 0) is 47.3 Å². The fourth-order valence-corrected chi connectivity index (χ4v) is 4.00. The number of carbonyl (C=O) groups excluding carboxylic acids is 2. The van der Waals surface area contributed by atoms with Crippen LogP contribution in [0.5, 0.6) is 0 Å². The molecule has 1 aromatic heterocycles. The lowest BCUT2D eigenvalue weighted by Crippen LogP contribution is -2.27. The largest absolute Gasteiger partial charge is 0.293 e. The maximum atomic E-state index is 12.2. The van der Waals surface area contributed by atoms with Crippen molar-refractivity contribution in [3.63, 3.8) is 0 Å². The third-order valence-electron chi connectivity index (χ3n) is 3.46. The van der Waals surface area contributed by atoms with Crippen molar-refractivity contribution >= 4 is 40.3 Å². The topological polar surface area (TPSA) is 37.4 Å². The smallest absolute Gasteiger partial charge is 0.268 e. The molecule has 0 saturated carbocycles. The number of aryl methyl sites for hydroxylation is 1. The van der Waals surface area contributed by atoms with E-state index in [1.165, 1.54) is 10.5 Å². The number of imide groups is 1. The summed E-state index contributed by atoms with van der Waals surface area (Å²) in [5, 5.41) is 1.82. The molecule has 1 aliphatic heterocycles. The summed E-state index contributed by atoms with van der Waals surface area (Å²) in [5.74, 6) is -0.245. The van der Waals surface area contributed by atoms with E-state index in [0.29, 0.717) is 4.91 Å². The van der Waals surface area contributed by atoms with Crippen LogP contribution in [0.4, 0.5) is 4.79 Å². The van der Waals surface area contributed by atoms with Crippen LogP contribution in [-0.2, 0) is 4.79 Å². The highest BCUT2D eigenvalue weighted by Crippen LogP contribution is 2.34. The van der Waals surface area contributed by atoms with E-state index in [1.54, 1.807) is 23.5 Å². The Morgan fingerprint density at radius 1 is 1.17 bits per heavy atom. The molecular weight excluding hydrogens is 326 g/mol. The van der Waals surface area contributed by atoms with E-state index in [0.717, 1.165) is 27.8 Å². The van der Waals surface area contributed by atoms with Crippen LogP contribution < -0.4 is 0 Å². The molecule has 0 aliphatic carbocycles. The molecule has 0 N–H and O–H groups in total. The maximum absolute atomic E-state index is 12.2. The quantitative estimate of drug-likeness (QED) is 0.583. The standard InChI is InChI=1S/C18H15NO2S2/c1-3-8-19-17(20)16(23-18(19)21)10-15-9-14(11-22-15)13-6-4-12(2)5-7-13/h3-7,9-11H,1,8H2,2H3/b16-10-. The Kier molecular flexibility index (Phi) is 4.50. The van der Waals surface area contributed by atoms with Crippen molar-refractivity contribution in [1.29, 1.82) is 0 Å². The molecule has 2 aromatic rings. The molecule has 2 amide bonds. The Morgan fingerprint density at radius 3 is 2.61 bits per heavy atom. The monoisotopic (exact) mass is 341 g/mol. The van der Waals surface area contributed by atoms with E-state index < -0.39 is 0 Å². The lowest BCUT2D eigenvalue weighted by Gasteiger charge is -2.07. The highest BCUT2D eigenvalue weighted by atomic mass is 32.2. The van der Waals surface area contributed by atoms with E-state index in [2.05, 4.69) is 43.1 Å². The Labute approximate surface area is 143 Å². The minimum absolute atomic E-state index is 0.239. The van der Waals surface area contributed by atoms with Gasteiger partial charge in [-0.1, -0.05) is 35.9 Å². The van der Waals surface area contributed by atoms with Crippen LogP contribution in [0, 0.1) is 6.92 Å². The molecule has 116 valence electrons. The van der Waals surface area contributed by atoms with Gasteiger partial charge in [-0.25, -0.2) is 0 Å². The van der Waals surface area contributed by atoms with Crippen LogP contribution in [0.2, 0.25) is 0 Å². The van der Waals surface area contributed by atoms with E-state index in [1.807, 2.05) is 6.07 Å². The molecule has 0 spiro atoms. The molecule has 1 aromatic carbocycles. The summed E-state index contributed by atoms with van der Waals surface area (Å²) < 4.78 is 0. The van der Waals surface area contributed by atoms with Crippen molar-refractivity contribution in [2.45, 2.75) is 6.92 Å². The number of thiophene rings is 1. The highest BCUT2D eigenvalue weighted by Gasteiger charge is 2.34. The maximum Gasteiger partial charge on any atom is 0.293 e. The first kappa shape index (κ1) is 15.8. The van der Waals surface area contributed by atoms with Gasteiger partial charge in [-0.15, -0.1) is 17.9 Å². The lowest BCUT2D eigenvalue weighted by molar-refractivity contribution is -0.122. The van der Waals surface area contributed by atoms with Crippen LogP contribution >= 0.6 is 23.1 Å². The molecule has 3 rings (SSSR count). The predicted octanol–water partition coefficient (Wildman–Crippen LogP) is 4.95. The van der Waals surface area contributed by atoms with Crippen molar-refractivity contribution in [2.24, 2.45) is 0 Å². The van der Waals surface area contributed by atoms with Gasteiger partial charge in [-0.2, -0.15) is 0 Å². The van der Waals surface area contributed by atoms with Gasteiger partial charge < -0.3 is 0 Å². The average Bonchev–Trinajstić information content (AvgIpc) is 3.09. The number of nitrogens with zero attached hydrogens (tertiary/aromatic N) is 1. The van der Waals surface area contributed by atoms with E-state index in [9.17, 15) is 9.59 Å². The third kappa shape index (κ3) is 3.30. The second-order valence-corrected chi connectivity index (χ2v) is 7.12. The predicted molar refractivity (Wildman–Crippen MR) is 97.4 cm³/mol. The summed E-state index contributed by atoms with van der Waals surface area (Å²) in [7, 11) is 0. The Morgan fingerprint density at radius 2 is 1.91 bits per heavy atom. The molecule has 0 bridgehead atoms. The Hall–Kier alpha value is -2.11. The van der Waals surface area contributed by atoms with Gasteiger partial charge in [0.1, 0.15) is 0 Å². The zero-order chi connectivity index (χ0) is 16.4. The van der Waals surface area contributed by atoms with Gasteiger partial charge in [0.2, 0.25) is 0 Å². The number of thioether (sulfide) groups is 1. The number of hydrogen-bond donors (Lipinski definition) is 0. The number of hydrogen-bond acceptors (Lipinski definition) is 4. The first-order valence-corrected chi connectivity index (χ1v) is 8.80. The van der Waals surface area contributed by atoms with E-state index in [4.69, 9.17) is 0 Å². The number of rotatable bonds is 4. The van der Waals surface area contributed by atoms with Gasteiger partial charge in [0, 0.05) is 11.4 Å². The first-order chi connectivity index (χ1) is 11.1. The Balaban J connectivity index is 1.84. The lowest BCUT2D eigenvalue weighted by atomic mass is 10.1. The average molecular weight is 341 g/mol. The fourth-order valence-electron chi connectivity index (χ4n) is 2.24. The van der Waals surface area contributed by atoms with E-state index in [-0.39, 0.29) is 17.7 Å². The zero-order valence-electron chi connectivity index (χ0n) is 12.6. The second kappa shape index (κ2) is 6.56. The summed E-state index contributed by atoms with van der Waals surface area (Å²) in [4.78, 5) is 26.6. The molecule has 23 heavy (non-hydrogen) atoms. The molecular formula is C18H15NO2S2. The van der Waals surface area contributed by atoms with Crippen LogP contribution in [0.15, 0.2) is 53.3 Å². The molecule has 2 heterocycles. The van der Waals surface area contributed by atoms with Gasteiger partial charge in [-0.3, -0.25) is 14.5 Å². The Bertz CT molecular complexity index is 803. The minimum Gasteiger partial charge on any atom is -0.268 e.